The van der Waals surface area contributed by atoms with Crippen LogP contribution in [0, 0.1) is 22.7 Å². The van der Waals surface area contributed by atoms with Gasteiger partial charge in [0.25, 0.3) is 0 Å². The summed E-state index contributed by atoms with van der Waals surface area (Å²) in [7, 11) is 0. The van der Waals surface area contributed by atoms with Crippen LogP contribution in [0.4, 0.5) is 9.80 Å². The summed E-state index contributed by atoms with van der Waals surface area (Å²) >= 11 is 14.4. The Morgan fingerprint density at radius 3 is 2.60 bits per heavy atom. The van der Waals surface area contributed by atoms with Crippen LogP contribution in [0.25, 0.3) is 0 Å². The minimum Gasteiger partial charge on any atom is -0.465 e. The molecule has 2 amide bonds. The molecule has 0 saturated carbocycles. The zero-order valence-electron chi connectivity index (χ0n) is 25.2. The summed E-state index contributed by atoms with van der Waals surface area (Å²) in [6.45, 7) is 12.0. The van der Waals surface area contributed by atoms with Crippen molar-refractivity contribution < 1.29 is 14.7 Å². The largest absolute Gasteiger partial charge is 0.465 e. The van der Waals surface area contributed by atoms with Gasteiger partial charge in [-0.05, 0) is 73.6 Å². The third kappa shape index (κ3) is 6.45. The number of benzene rings is 1. The van der Waals surface area contributed by atoms with Gasteiger partial charge in [-0.15, -0.1) is 11.3 Å². The molecule has 1 aromatic heterocycles. The van der Waals surface area contributed by atoms with Crippen LogP contribution in [-0.4, -0.2) is 51.6 Å². The van der Waals surface area contributed by atoms with Crippen LogP contribution in [0.2, 0.25) is 10.0 Å². The number of carbonyl (C=O) groups is 2. The van der Waals surface area contributed by atoms with Crippen LogP contribution in [0.15, 0.2) is 18.2 Å². The number of halogens is 2. The van der Waals surface area contributed by atoms with Crippen molar-refractivity contribution in [1.82, 2.24) is 9.80 Å². The number of rotatable bonds is 9. The van der Waals surface area contributed by atoms with Crippen LogP contribution in [0.5, 0.6) is 0 Å². The first-order chi connectivity index (χ1) is 19.8. The van der Waals surface area contributed by atoms with E-state index in [0.717, 1.165) is 54.5 Å². The zero-order chi connectivity index (χ0) is 30.8. The molecule has 0 bridgehead atoms. The Kier molecular flexibility index (Phi) is 10.2. The van der Waals surface area contributed by atoms with E-state index in [2.05, 4.69) is 37.1 Å². The van der Waals surface area contributed by atoms with Crippen LogP contribution in [0.1, 0.15) is 88.3 Å². The quantitative estimate of drug-likeness (QED) is 0.290. The number of anilines is 1. The number of hydrogen-bond donors (Lipinski definition) is 2. The fourth-order valence-electron chi connectivity index (χ4n) is 6.82. The summed E-state index contributed by atoms with van der Waals surface area (Å²) in [5.41, 5.74) is 1.69. The fraction of sp³-hybridized carbons (Fsp3) is 0.594. The molecule has 1 unspecified atom stereocenters. The maximum Gasteiger partial charge on any atom is 0.407 e. The Bertz CT molecular complexity index is 1360. The first kappa shape index (κ1) is 32.6. The Morgan fingerprint density at radius 2 is 2.00 bits per heavy atom. The third-order valence-electron chi connectivity index (χ3n) is 9.43. The van der Waals surface area contributed by atoms with Crippen molar-refractivity contribution in [2.24, 2.45) is 11.3 Å². The van der Waals surface area contributed by atoms with Crippen molar-refractivity contribution >= 4 is 51.5 Å². The van der Waals surface area contributed by atoms with Gasteiger partial charge in [-0.25, -0.2) is 4.79 Å². The van der Waals surface area contributed by atoms with E-state index < -0.39 is 11.6 Å². The number of likely N-dealkylation sites (tertiary alicyclic amines) is 1. The van der Waals surface area contributed by atoms with Crippen molar-refractivity contribution in [3.8, 4) is 6.07 Å². The number of carbonyl (C=O) groups excluding carboxylic acids is 1. The normalized spacial score (nSPS) is 20.6. The number of carboxylic acid groups (broad SMARTS) is 1. The Morgan fingerprint density at radius 1 is 1.29 bits per heavy atom. The first-order valence-electron chi connectivity index (χ1n) is 14.9. The third-order valence-corrected chi connectivity index (χ3v) is 11.2. The minimum atomic E-state index is -0.882. The van der Waals surface area contributed by atoms with E-state index in [1.54, 1.807) is 11.0 Å². The number of nitriles is 1. The lowest BCUT2D eigenvalue weighted by atomic mass is 9.71. The van der Waals surface area contributed by atoms with E-state index in [0.29, 0.717) is 46.7 Å². The van der Waals surface area contributed by atoms with Gasteiger partial charge in [0, 0.05) is 46.5 Å². The highest BCUT2D eigenvalue weighted by Gasteiger charge is 2.53. The molecule has 10 heteroatoms. The van der Waals surface area contributed by atoms with Gasteiger partial charge in [0.05, 0.1) is 11.1 Å². The molecule has 1 fully saturated rings. The topological polar surface area (TPSA) is 96.7 Å². The smallest absolute Gasteiger partial charge is 0.407 e. The fourth-order valence-corrected chi connectivity index (χ4v) is 8.56. The Hall–Kier alpha value is -2.31. The van der Waals surface area contributed by atoms with E-state index in [4.69, 9.17) is 23.2 Å². The van der Waals surface area contributed by atoms with Crippen LogP contribution in [-0.2, 0) is 24.2 Å². The maximum atomic E-state index is 12.9. The van der Waals surface area contributed by atoms with Crippen molar-refractivity contribution in [2.45, 2.75) is 97.7 Å². The second kappa shape index (κ2) is 13.1. The van der Waals surface area contributed by atoms with Crippen molar-refractivity contribution in [2.75, 3.05) is 18.4 Å². The van der Waals surface area contributed by atoms with Crippen molar-refractivity contribution in [3.63, 3.8) is 0 Å². The molecule has 0 spiro atoms. The van der Waals surface area contributed by atoms with Gasteiger partial charge in [-0.2, -0.15) is 5.26 Å². The molecule has 228 valence electrons. The lowest BCUT2D eigenvalue weighted by Gasteiger charge is -2.51. The number of nitrogens with zero attached hydrogens (tertiary/aromatic N) is 3. The van der Waals surface area contributed by atoms with Gasteiger partial charge in [0.1, 0.15) is 11.1 Å². The maximum absolute atomic E-state index is 12.9. The SMILES string of the molecule is CCC(CC)C(=O)Nc1sc2c(c1C#N)CCC(N(Cc1ccc(Cl)cc1Cl)C[C@@]1(C(C)(C)C)CCCN1C(=O)O)C2. The molecule has 4 rings (SSSR count). The summed E-state index contributed by atoms with van der Waals surface area (Å²) in [5.74, 6) is -0.118. The van der Waals surface area contributed by atoms with Gasteiger partial charge in [-0.1, -0.05) is 63.9 Å². The van der Waals surface area contributed by atoms with Crippen LogP contribution in [0.3, 0.4) is 0 Å². The molecule has 0 radical (unpaired) electrons. The summed E-state index contributed by atoms with van der Waals surface area (Å²) in [5, 5.41) is 25.2. The summed E-state index contributed by atoms with van der Waals surface area (Å²) in [4.78, 5) is 30.6. The Balaban J connectivity index is 1.70. The monoisotopic (exact) mass is 632 g/mol. The molecular weight excluding hydrogens is 591 g/mol. The summed E-state index contributed by atoms with van der Waals surface area (Å²) in [6, 6.07) is 8.01. The van der Waals surface area contributed by atoms with E-state index in [-0.39, 0.29) is 23.3 Å². The lowest BCUT2D eigenvalue weighted by Crippen LogP contribution is -2.62. The minimum absolute atomic E-state index is 0.0345. The predicted octanol–water partition coefficient (Wildman–Crippen LogP) is 8.22. The average Bonchev–Trinajstić information content (AvgIpc) is 3.51. The number of hydrogen-bond acceptors (Lipinski definition) is 5. The zero-order valence-corrected chi connectivity index (χ0v) is 27.6. The number of amides is 2. The van der Waals surface area contributed by atoms with Gasteiger partial charge < -0.3 is 15.3 Å². The number of thiophene rings is 1. The van der Waals surface area contributed by atoms with Gasteiger partial charge in [-0.3, -0.25) is 9.69 Å². The highest BCUT2D eigenvalue weighted by molar-refractivity contribution is 7.16. The number of fused-ring (bicyclic) bond motifs is 1. The van der Waals surface area contributed by atoms with Crippen LogP contribution >= 0.6 is 34.5 Å². The molecule has 2 heterocycles. The average molecular weight is 634 g/mol. The van der Waals surface area contributed by atoms with E-state index in [1.165, 1.54) is 11.3 Å². The first-order valence-corrected chi connectivity index (χ1v) is 16.5. The highest BCUT2D eigenvalue weighted by atomic mass is 35.5. The molecule has 42 heavy (non-hydrogen) atoms. The van der Waals surface area contributed by atoms with E-state index in [9.17, 15) is 20.0 Å². The summed E-state index contributed by atoms with van der Waals surface area (Å²) in [6.07, 6.45) is 4.48. The molecule has 7 nitrogen and oxygen atoms in total. The second-order valence-electron chi connectivity index (χ2n) is 12.7. The molecule has 2 atom stereocenters. The van der Waals surface area contributed by atoms with E-state index >= 15 is 0 Å². The second-order valence-corrected chi connectivity index (χ2v) is 14.6. The van der Waals surface area contributed by atoms with Gasteiger partial charge in [0.15, 0.2) is 0 Å². The molecule has 1 aromatic carbocycles. The standard InChI is InChI=1S/C32H42Cl2N4O3S/c1-6-20(7-2)28(39)36-29-25(17-35)24-12-11-23(16-27(24)42-29)37(18-21-9-10-22(33)15-26(21)34)19-32(31(3,4)5)13-8-14-38(32)30(40)41/h9-10,15,20,23H,6-8,11-14,16,18-19H2,1-5H3,(H,36,39)(H,40,41)/t23?,32-/m1/s1. The molecule has 2 aromatic rings. The molecule has 2 N–H and O–H groups in total. The molecule has 2 aliphatic rings. The Labute approximate surface area is 263 Å². The highest BCUT2D eigenvalue weighted by Crippen LogP contribution is 2.46. The van der Waals surface area contributed by atoms with Gasteiger partial charge in [0.2, 0.25) is 5.91 Å². The molecular formula is C32H42Cl2N4O3S. The lowest BCUT2D eigenvalue weighted by molar-refractivity contribution is -0.120. The van der Waals surface area contributed by atoms with Gasteiger partial charge >= 0.3 is 6.09 Å². The van der Waals surface area contributed by atoms with Crippen molar-refractivity contribution in [1.29, 1.82) is 5.26 Å². The molecule has 1 saturated heterocycles. The van der Waals surface area contributed by atoms with E-state index in [1.807, 2.05) is 26.0 Å². The summed E-state index contributed by atoms with van der Waals surface area (Å²) < 4.78 is 0. The predicted molar refractivity (Wildman–Crippen MR) is 171 cm³/mol. The number of nitrogens with one attached hydrogen (secondary N) is 1. The van der Waals surface area contributed by atoms with Crippen LogP contribution < -0.4 is 5.32 Å². The van der Waals surface area contributed by atoms with Crippen molar-refractivity contribution in [3.05, 3.63) is 49.8 Å². The molecule has 1 aliphatic carbocycles. The molecule has 1 aliphatic heterocycles.